The van der Waals surface area contributed by atoms with Crippen molar-refractivity contribution in [1.29, 1.82) is 0 Å². The number of carbonyl (C=O) groups is 1. The number of sulfonamides is 1. The van der Waals surface area contributed by atoms with Gasteiger partial charge in [-0.05, 0) is 37.1 Å². The number of hydrogen-bond donors (Lipinski definition) is 2. The van der Waals surface area contributed by atoms with Gasteiger partial charge in [0, 0.05) is 12.1 Å². The molecule has 0 aliphatic rings. The lowest BCUT2D eigenvalue weighted by Gasteiger charge is -2.10. The third kappa shape index (κ3) is 5.61. The van der Waals surface area contributed by atoms with Crippen molar-refractivity contribution in [2.45, 2.75) is 33.1 Å². The molecule has 0 radical (unpaired) electrons. The van der Waals surface area contributed by atoms with E-state index in [1.54, 1.807) is 25.1 Å². The lowest BCUT2D eigenvalue weighted by atomic mass is 10.1. The van der Waals surface area contributed by atoms with Gasteiger partial charge in [0.25, 0.3) is 5.91 Å². The molecule has 112 valence electrons. The molecule has 0 aliphatic carbocycles. The second-order valence-electron chi connectivity index (χ2n) is 4.87. The maximum Gasteiger partial charge on any atom is 0.251 e. The van der Waals surface area contributed by atoms with E-state index in [1.165, 1.54) is 0 Å². The normalized spacial score (nSPS) is 11.2. The number of unbranched alkanes of at least 4 members (excludes halogenated alkanes) is 2. The number of benzene rings is 1. The first-order valence-corrected chi connectivity index (χ1v) is 8.59. The molecule has 0 heterocycles. The van der Waals surface area contributed by atoms with Gasteiger partial charge in [0.05, 0.1) is 11.9 Å². The summed E-state index contributed by atoms with van der Waals surface area (Å²) >= 11 is 0. The molecule has 0 atom stereocenters. The van der Waals surface area contributed by atoms with Gasteiger partial charge >= 0.3 is 0 Å². The van der Waals surface area contributed by atoms with Gasteiger partial charge in [0.1, 0.15) is 0 Å². The number of anilines is 1. The third-order valence-electron chi connectivity index (χ3n) is 2.85. The quantitative estimate of drug-likeness (QED) is 0.758. The first-order valence-electron chi connectivity index (χ1n) is 6.70. The fourth-order valence-electron chi connectivity index (χ4n) is 1.80. The summed E-state index contributed by atoms with van der Waals surface area (Å²) in [4.78, 5) is 11.9. The highest BCUT2D eigenvalue weighted by molar-refractivity contribution is 7.92. The highest BCUT2D eigenvalue weighted by Gasteiger charge is 2.09. The average molecular weight is 298 g/mol. The van der Waals surface area contributed by atoms with Gasteiger partial charge in [-0.15, -0.1) is 0 Å². The summed E-state index contributed by atoms with van der Waals surface area (Å²) in [6.07, 6.45) is 4.27. The van der Waals surface area contributed by atoms with E-state index in [9.17, 15) is 13.2 Å². The predicted octanol–water partition coefficient (Wildman–Crippen LogP) is 2.29. The summed E-state index contributed by atoms with van der Waals surface area (Å²) < 4.78 is 24.8. The largest absolute Gasteiger partial charge is 0.352 e. The zero-order chi connectivity index (χ0) is 15.2. The fourth-order valence-corrected chi connectivity index (χ4v) is 2.43. The van der Waals surface area contributed by atoms with Crippen LogP contribution in [0.4, 0.5) is 5.69 Å². The molecular weight excluding hydrogens is 276 g/mol. The van der Waals surface area contributed by atoms with Crippen LogP contribution in [0, 0.1) is 6.92 Å². The Kier molecular flexibility index (Phi) is 6.01. The minimum Gasteiger partial charge on any atom is -0.352 e. The van der Waals surface area contributed by atoms with Crippen LogP contribution in [0.1, 0.15) is 42.1 Å². The summed E-state index contributed by atoms with van der Waals surface area (Å²) in [5.41, 5.74) is 1.75. The number of hydrogen-bond acceptors (Lipinski definition) is 3. The van der Waals surface area contributed by atoms with E-state index in [4.69, 9.17) is 0 Å². The molecule has 1 aromatic rings. The molecule has 2 N–H and O–H groups in total. The van der Waals surface area contributed by atoms with E-state index < -0.39 is 10.0 Å². The van der Waals surface area contributed by atoms with Crippen LogP contribution in [-0.2, 0) is 10.0 Å². The van der Waals surface area contributed by atoms with E-state index in [0.717, 1.165) is 31.1 Å². The van der Waals surface area contributed by atoms with Crippen LogP contribution in [0.3, 0.4) is 0 Å². The fraction of sp³-hybridized carbons (Fsp3) is 0.500. The molecule has 0 bridgehead atoms. The smallest absolute Gasteiger partial charge is 0.251 e. The molecule has 5 nitrogen and oxygen atoms in total. The lowest BCUT2D eigenvalue weighted by molar-refractivity contribution is 0.0953. The summed E-state index contributed by atoms with van der Waals surface area (Å²) in [7, 11) is -3.30. The van der Waals surface area contributed by atoms with Crippen molar-refractivity contribution in [3.63, 3.8) is 0 Å². The van der Waals surface area contributed by atoms with Gasteiger partial charge in [0.2, 0.25) is 10.0 Å². The van der Waals surface area contributed by atoms with Crippen molar-refractivity contribution in [3.05, 3.63) is 29.3 Å². The van der Waals surface area contributed by atoms with Crippen molar-refractivity contribution in [2.75, 3.05) is 17.5 Å². The standard InChI is InChI=1S/C14H22N2O3S/c1-4-5-6-9-15-14(17)12-7-8-13(11(2)10-12)16-20(3,18)19/h7-8,10,16H,4-6,9H2,1-3H3,(H,15,17). The monoisotopic (exact) mass is 298 g/mol. The Morgan fingerprint density at radius 3 is 2.50 bits per heavy atom. The van der Waals surface area contributed by atoms with Gasteiger partial charge in [-0.25, -0.2) is 8.42 Å². The highest BCUT2D eigenvalue weighted by Crippen LogP contribution is 2.17. The van der Waals surface area contributed by atoms with E-state index in [2.05, 4.69) is 17.0 Å². The Morgan fingerprint density at radius 2 is 1.95 bits per heavy atom. The first-order chi connectivity index (χ1) is 9.33. The van der Waals surface area contributed by atoms with Crippen LogP contribution in [0.2, 0.25) is 0 Å². The zero-order valence-corrected chi connectivity index (χ0v) is 13.0. The molecule has 0 saturated carbocycles. The Bertz CT molecular complexity index is 568. The minimum atomic E-state index is -3.30. The van der Waals surface area contributed by atoms with Crippen molar-refractivity contribution in [2.24, 2.45) is 0 Å². The van der Waals surface area contributed by atoms with Crippen LogP contribution in [-0.4, -0.2) is 27.1 Å². The van der Waals surface area contributed by atoms with Crippen LogP contribution in [0.15, 0.2) is 18.2 Å². The summed E-state index contributed by atoms with van der Waals surface area (Å²) in [6.45, 7) is 4.54. The van der Waals surface area contributed by atoms with Gasteiger partial charge in [-0.1, -0.05) is 19.8 Å². The molecule has 0 aliphatic heterocycles. The number of aryl methyl sites for hydroxylation is 1. The average Bonchev–Trinajstić information content (AvgIpc) is 2.35. The number of amides is 1. The molecule has 1 rings (SSSR count). The van der Waals surface area contributed by atoms with Crippen LogP contribution in [0.25, 0.3) is 0 Å². The van der Waals surface area contributed by atoms with Crippen molar-refractivity contribution in [3.8, 4) is 0 Å². The van der Waals surface area contributed by atoms with Crippen LogP contribution in [0.5, 0.6) is 0 Å². The van der Waals surface area contributed by atoms with Gasteiger partial charge in [0.15, 0.2) is 0 Å². The van der Waals surface area contributed by atoms with Crippen LogP contribution >= 0.6 is 0 Å². The maximum atomic E-state index is 11.9. The van der Waals surface area contributed by atoms with Crippen molar-refractivity contribution in [1.82, 2.24) is 5.32 Å². The van der Waals surface area contributed by atoms with E-state index in [-0.39, 0.29) is 5.91 Å². The Morgan fingerprint density at radius 1 is 1.25 bits per heavy atom. The highest BCUT2D eigenvalue weighted by atomic mass is 32.2. The summed E-state index contributed by atoms with van der Waals surface area (Å²) in [5.74, 6) is -0.130. The van der Waals surface area contributed by atoms with Crippen LogP contribution < -0.4 is 10.0 Å². The Balaban J connectivity index is 2.69. The molecule has 1 amide bonds. The summed E-state index contributed by atoms with van der Waals surface area (Å²) in [5, 5.41) is 2.85. The topological polar surface area (TPSA) is 75.3 Å². The van der Waals surface area contributed by atoms with Gasteiger partial charge < -0.3 is 5.32 Å². The number of rotatable bonds is 7. The van der Waals surface area contributed by atoms with Crippen molar-refractivity contribution < 1.29 is 13.2 Å². The summed E-state index contributed by atoms with van der Waals surface area (Å²) in [6, 6.07) is 4.91. The number of nitrogens with one attached hydrogen (secondary N) is 2. The second-order valence-corrected chi connectivity index (χ2v) is 6.62. The molecule has 0 spiro atoms. The second kappa shape index (κ2) is 7.28. The molecule has 0 saturated heterocycles. The molecule has 1 aromatic carbocycles. The van der Waals surface area contributed by atoms with Gasteiger partial charge in [-0.3, -0.25) is 9.52 Å². The maximum absolute atomic E-state index is 11.9. The minimum absolute atomic E-state index is 0.130. The third-order valence-corrected chi connectivity index (χ3v) is 3.44. The molecule has 0 unspecified atom stereocenters. The SMILES string of the molecule is CCCCCNC(=O)c1ccc(NS(C)(=O)=O)c(C)c1. The molecule has 0 fully saturated rings. The van der Waals surface area contributed by atoms with E-state index in [1.807, 2.05) is 0 Å². The lowest BCUT2D eigenvalue weighted by Crippen LogP contribution is -2.24. The van der Waals surface area contributed by atoms with E-state index in [0.29, 0.717) is 17.8 Å². The molecule has 0 aromatic heterocycles. The van der Waals surface area contributed by atoms with Crippen molar-refractivity contribution >= 4 is 21.6 Å². The van der Waals surface area contributed by atoms with E-state index >= 15 is 0 Å². The Hall–Kier alpha value is -1.56. The Labute approximate surface area is 120 Å². The number of carbonyl (C=O) groups excluding carboxylic acids is 1. The molecule has 6 heteroatoms. The predicted molar refractivity (Wildman–Crippen MR) is 81.5 cm³/mol. The molecular formula is C14H22N2O3S. The molecule has 20 heavy (non-hydrogen) atoms. The van der Waals surface area contributed by atoms with Gasteiger partial charge in [-0.2, -0.15) is 0 Å². The first kappa shape index (κ1) is 16.5. The zero-order valence-electron chi connectivity index (χ0n) is 12.2.